The quantitative estimate of drug-likeness (QED) is 0.931. The van der Waals surface area contributed by atoms with Crippen LogP contribution < -0.4 is 0 Å². The lowest BCUT2D eigenvalue weighted by Gasteiger charge is -2.22. The molecular weight excluding hydrogens is 288 g/mol. The second kappa shape index (κ2) is 5.51. The van der Waals surface area contributed by atoms with Gasteiger partial charge in [-0.15, -0.1) is 0 Å². The van der Waals surface area contributed by atoms with Crippen LogP contribution in [0.3, 0.4) is 0 Å². The summed E-state index contributed by atoms with van der Waals surface area (Å²) < 4.78 is 25.0. The molecule has 6 heteroatoms. The molecule has 1 saturated carbocycles. The van der Waals surface area contributed by atoms with Crippen LogP contribution in [0.2, 0.25) is 5.02 Å². The number of carboxylic acids is 1. The van der Waals surface area contributed by atoms with Crippen molar-refractivity contribution in [3.63, 3.8) is 0 Å². The van der Waals surface area contributed by atoms with Crippen LogP contribution in [-0.2, 0) is 9.84 Å². The fourth-order valence-corrected chi connectivity index (χ4v) is 4.79. The summed E-state index contributed by atoms with van der Waals surface area (Å²) in [5, 5.41) is 8.59. The molecule has 0 saturated heterocycles. The number of halogens is 1. The maximum Gasteiger partial charge on any atom is 0.335 e. The van der Waals surface area contributed by atoms with Gasteiger partial charge in [0.25, 0.3) is 0 Å². The standard InChI is InChI=1S/C13H15ClO4S/c14-11-7-6-9(13(15)16)8-12(11)19(17,18)10-4-2-1-3-5-10/h6-8,10H,1-5H2,(H,15,16). The molecule has 0 radical (unpaired) electrons. The molecule has 0 heterocycles. The van der Waals surface area contributed by atoms with E-state index in [-0.39, 0.29) is 15.5 Å². The van der Waals surface area contributed by atoms with Gasteiger partial charge in [-0.25, -0.2) is 13.2 Å². The number of hydrogen-bond acceptors (Lipinski definition) is 3. The zero-order valence-corrected chi connectivity index (χ0v) is 11.9. The topological polar surface area (TPSA) is 71.4 Å². The van der Waals surface area contributed by atoms with Gasteiger partial charge in [-0.2, -0.15) is 0 Å². The lowest BCUT2D eigenvalue weighted by Crippen LogP contribution is -2.24. The molecule has 1 fully saturated rings. The second-order valence-electron chi connectivity index (χ2n) is 4.76. The summed E-state index contributed by atoms with van der Waals surface area (Å²) in [6, 6.07) is 3.81. The summed E-state index contributed by atoms with van der Waals surface area (Å²) in [5.74, 6) is -1.16. The number of rotatable bonds is 3. The summed E-state index contributed by atoms with van der Waals surface area (Å²) >= 11 is 5.93. The van der Waals surface area contributed by atoms with Gasteiger partial charge in [0.2, 0.25) is 0 Å². The molecule has 0 bridgehead atoms. The van der Waals surface area contributed by atoms with Crippen molar-refractivity contribution in [2.45, 2.75) is 42.2 Å². The highest BCUT2D eigenvalue weighted by molar-refractivity contribution is 7.92. The molecule has 104 valence electrons. The van der Waals surface area contributed by atoms with Crippen molar-refractivity contribution in [3.05, 3.63) is 28.8 Å². The largest absolute Gasteiger partial charge is 0.478 e. The van der Waals surface area contributed by atoms with Crippen LogP contribution in [0.15, 0.2) is 23.1 Å². The van der Waals surface area contributed by atoms with Crippen LogP contribution in [0.4, 0.5) is 0 Å². The highest BCUT2D eigenvalue weighted by Gasteiger charge is 2.31. The molecule has 1 aliphatic carbocycles. The first-order valence-electron chi connectivity index (χ1n) is 6.19. The SMILES string of the molecule is O=C(O)c1ccc(Cl)c(S(=O)(=O)C2CCCCC2)c1. The minimum Gasteiger partial charge on any atom is -0.478 e. The summed E-state index contributed by atoms with van der Waals surface area (Å²) in [7, 11) is -3.54. The van der Waals surface area contributed by atoms with Gasteiger partial charge in [-0.3, -0.25) is 0 Å². The lowest BCUT2D eigenvalue weighted by atomic mass is 10.0. The van der Waals surface area contributed by atoms with E-state index in [1.165, 1.54) is 12.1 Å². The van der Waals surface area contributed by atoms with E-state index >= 15 is 0 Å². The summed E-state index contributed by atoms with van der Waals surface area (Å²) in [6.07, 6.45) is 4.07. The highest BCUT2D eigenvalue weighted by Crippen LogP contribution is 2.32. The maximum absolute atomic E-state index is 12.5. The third-order valence-corrected chi connectivity index (χ3v) is 6.22. The zero-order chi connectivity index (χ0) is 14.0. The van der Waals surface area contributed by atoms with Crippen LogP contribution in [0.25, 0.3) is 0 Å². The summed E-state index contributed by atoms with van der Waals surface area (Å²) in [5.41, 5.74) is -0.0567. The van der Waals surface area contributed by atoms with Crippen molar-refractivity contribution < 1.29 is 18.3 Å². The van der Waals surface area contributed by atoms with E-state index in [2.05, 4.69) is 0 Å². The van der Waals surface area contributed by atoms with Crippen LogP contribution in [0, 0.1) is 0 Å². The zero-order valence-electron chi connectivity index (χ0n) is 10.3. The van der Waals surface area contributed by atoms with Crippen LogP contribution >= 0.6 is 11.6 Å². The Balaban J connectivity index is 2.44. The monoisotopic (exact) mass is 302 g/mol. The highest BCUT2D eigenvalue weighted by atomic mass is 35.5. The molecule has 1 aromatic rings. The number of carbonyl (C=O) groups is 1. The van der Waals surface area contributed by atoms with Gasteiger partial charge in [0.05, 0.1) is 20.7 Å². The van der Waals surface area contributed by atoms with E-state index < -0.39 is 21.1 Å². The predicted molar refractivity (Wildman–Crippen MR) is 72.5 cm³/mol. The Labute approximate surface area is 117 Å². The molecule has 0 atom stereocenters. The van der Waals surface area contributed by atoms with Gasteiger partial charge in [0.1, 0.15) is 0 Å². The Morgan fingerprint density at radius 1 is 1.21 bits per heavy atom. The van der Waals surface area contributed by atoms with Crippen molar-refractivity contribution >= 4 is 27.4 Å². The van der Waals surface area contributed by atoms with Gasteiger partial charge >= 0.3 is 5.97 Å². The Hall–Kier alpha value is -1.07. The molecule has 1 aliphatic rings. The predicted octanol–water partition coefficient (Wildman–Crippen LogP) is 3.14. The molecular formula is C13H15ClO4S. The number of hydrogen-bond donors (Lipinski definition) is 1. The molecule has 1 N–H and O–H groups in total. The van der Waals surface area contributed by atoms with E-state index in [4.69, 9.17) is 16.7 Å². The number of carboxylic acid groups (broad SMARTS) is 1. The second-order valence-corrected chi connectivity index (χ2v) is 7.36. The minimum absolute atomic E-state index is 0.0547. The fourth-order valence-electron chi connectivity index (χ4n) is 2.41. The molecule has 4 nitrogen and oxygen atoms in total. The Morgan fingerprint density at radius 2 is 1.84 bits per heavy atom. The third-order valence-electron chi connectivity index (χ3n) is 3.48. The van der Waals surface area contributed by atoms with E-state index in [0.29, 0.717) is 12.8 Å². The van der Waals surface area contributed by atoms with Crippen LogP contribution in [0.5, 0.6) is 0 Å². The van der Waals surface area contributed by atoms with E-state index in [1.54, 1.807) is 0 Å². The molecule has 19 heavy (non-hydrogen) atoms. The van der Waals surface area contributed by atoms with E-state index in [1.807, 2.05) is 0 Å². The van der Waals surface area contributed by atoms with Crippen molar-refractivity contribution in [1.29, 1.82) is 0 Å². The van der Waals surface area contributed by atoms with E-state index in [9.17, 15) is 13.2 Å². The Morgan fingerprint density at radius 3 is 2.42 bits per heavy atom. The van der Waals surface area contributed by atoms with Crippen molar-refractivity contribution in [3.8, 4) is 0 Å². The van der Waals surface area contributed by atoms with Gasteiger partial charge in [0.15, 0.2) is 9.84 Å². The smallest absolute Gasteiger partial charge is 0.335 e. The first-order chi connectivity index (χ1) is 8.93. The van der Waals surface area contributed by atoms with Gasteiger partial charge in [-0.1, -0.05) is 30.9 Å². The number of aromatic carboxylic acids is 1. The number of benzene rings is 1. The molecule has 0 aliphatic heterocycles. The van der Waals surface area contributed by atoms with Gasteiger partial charge in [-0.05, 0) is 31.0 Å². The average molecular weight is 303 g/mol. The first kappa shape index (κ1) is 14.3. The molecule has 2 rings (SSSR count). The van der Waals surface area contributed by atoms with E-state index in [0.717, 1.165) is 25.3 Å². The Bertz CT molecular complexity index is 589. The molecule has 1 aromatic carbocycles. The first-order valence-corrected chi connectivity index (χ1v) is 8.12. The normalized spacial score (nSPS) is 17.3. The Kier molecular flexibility index (Phi) is 4.16. The van der Waals surface area contributed by atoms with Gasteiger partial charge < -0.3 is 5.11 Å². The molecule has 0 aromatic heterocycles. The van der Waals surface area contributed by atoms with Crippen LogP contribution in [0.1, 0.15) is 42.5 Å². The summed E-state index contributed by atoms with van der Waals surface area (Å²) in [4.78, 5) is 10.9. The van der Waals surface area contributed by atoms with Crippen molar-refractivity contribution in [2.75, 3.05) is 0 Å². The van der Waals surface area contributed by atoms with Crippen molar-refractivity contribution in [2.24, 2.45) is 0 Å². The molecule has 0 spiro atoms. The lowest BCUT2D eigenvalue weighted by molar-refractivity contribution is 0.0696. The molecule has 0 amide bonds. The van der Waals surface area contributed by atoms with Gasteiger partial charge in [0, 0.05) is 0 Å². The maximum atomic E-state index is 12.5. The summed E-state index contributed by atoms with van der Waals surface area (Å²) in [6.45, 7) is 0. The van der Waals surface area contributed by atoms with Crippen molar-refractivity contribution in [1.82, 2.24) is 0 Å². The molecule has 0 unspecified atom stereocenters. The third kappa shape index (κ3) is 2.92. The van der Waals surface area contributed by atoms with Crippen LogP contribution in [-0.4, -0.2) is 24.7 Å². The minimum atomic E-state index is -3.54. The average Bonchev–Trinajstić information content (AvgIpc) is 2.39. The number of sulfone groups is 1. The fraction of sp³-hybridized carbons (Fsp3) is 0.462.